The SMILES string of the molecule is CCOC(=O)c1ccnc(-c2ccc3c(c2)c(C#N)cn3C(C)CF)c1. The minimum Gasteiger partial charge on any atom is -0.462 e. The topological polar surface area (TPSA) is 67.9 Å². The molecule has 0 fully saturated rings. The van der Waals surface area contributed by atoms with E-state index >= 15 is 0 Å². The maximum Gasteiger partial charge on any atom is 0.338 e. The van der Waals surface area contributed by atoms with Crippen LogP contribution in [-0.2, 0) is 4.74 Å². The molecule has 1 aromatic carbocycles. The third-order valence-corrected chi connectivity index (χ3v) is 4.22. The average molecular weight is 351 g/mol. The van der Waals surface area contributed by atoms with E-state index in [0.29, 0.717) is 23.4 Å². The molecule has 1 atom stereocenters. The smallest absolute Gasteiger partial charge is 0.338 e. The summed E-state index contributed by atoms with van der Waals surface area (Å²) in [6.07, 6.45) is 3.22. The van der Waals surface area contributed by atoms with E-state index in [2.05, 4.69) is 11.1 Å². The highest BCUT2D eigenvalue weighted by Gasteiger charge is 2.15. The molecule has 5 nitrogen and oxygen atoms in total. The molecule has 1 unspecified atom stereocenters. The zero-order valence-corrected chi connectivity index (χ0v) is 14.6. The Hall–Kier alpha value is -3.20. The number of carbonyl (C=O) groups is 1. The number of alkyl halides is 1. The number of halogens is 1. The number of benzene rings is 1. The molecule has 6 heteroatoms. The van der Waals surface area contributed by atoms with Crippen molar-refractivity contribution in [1.29, 1.82) is 5.26 Å². The molecule has 0 aliphatic rings. The summed E-state index contributed by atoms with van der Waals surface area (Å²) < 4.78 is 19.9. The maximum atomic E-state index is 13.1. The molecule has 0 saturated heterocycles. The van der Waals surface area contributed by atoms with E-state index in [4.69, 9.17) is 4.74 Å². The van der Waals surface area contributed by atoms with E-state index in [1.165, 1.54) is 0 Å². The van der Waals surface area contributed by atoms with E-state index < -0.39 is 12.6 Å². The summed E-state index contributed by atoms with van der Waals surface area (Å²) in [5.41, 5.74) is 3.06. The van der Waals surface area contributed by atoms with Crippen LogP contribution in [0.2, 0.25) is 0 Å². The van der Waals surface area contributed by atoms with Crippen LogP contribution in [0.5, 0.6) is 0 Å². The standard InChI is InChI=1S/C20H18FN3O2/c1-3-26-20(25)15-6-7-23-18(9-15)14-4-5-19-17(8-14)16(11-22)12-24(19)13(2)10-21/h4-9,12-13H,3,10H2,1-2H3. The molecule has 2 heterocycles. The lowest BCUT2D eigenvalue weighted by molar-refractivity contribution is 0.0526. The molecule has 0 spiro atoms. The highest BCUT2D eigenvalue weighted by Crippen LogP contribution is 2.29. The second-order valence-electron chi connectivity index (χ2n) is 5.95. The van der Waals surface area contributed by atoms with Crippen LogP contribution in [0.4, 0.5) is 4.39 Å². The fourth-order valence-electron chi connectivity index (χ4n) is 2.87. The Kier molecular flexibility index (Phi) is 4.99. The number of pyridine rings is 1. The van der Waals surface area contributed by atoms with Gasteiger partial charge >= 0.3 is 5.97 Å². The lowest BCUT2D eigenvalue weighted by Crippen LogP contribution is -2.05. The largest absolute Gasteiger partial charge is 0.462 e. The molecule has 0 aliphatic carbocycles. The van der Waals surface area contributed by atoms with Gasteiger partial charge < -0.3 is 9.30 Å². The van der Waals surface area contributed by atoms with E-state index in [1.807, 2.05) is 18.2 Å². The van der Waals surface area contributed by atoms with Crippen molar-refractivity contribution in [3.63, 3.8) is 0 Å². The summed E-state index contributed by atoms with van der Waals surface area (Å²) in [6.45, 7) is 3.30. The number of esters is 1. The highest BCUT2D eigenvalue weighted by atomic mass is 19.1. The monoisotopic (exact) mass is 351 g/mol. The lowest BCUT2D eigenvalue weighted by atomic mass is 10.1. The molecule has 132 valence electrons. The third kappa shape index (κ3) is 3.16. The lowest BCUT2D eigenvalue weighted by Gasteiger charge is -2.11. The van der Waals surface area contributed by atoms with Crippen molar-refractivity contribution in [2.45, 2.75) is 19.9 Å². The van der Waals surface area contributed by atoms with E-state index in [0.717, 1.165) is 16.5 Å². The van der Waals surface area contributed by atoms with Crippen LogP contribution in [0.15, 0.2) is 42.7 Å². The minimum atomic E-state index is -0.514. The van der Waals surface area contributed by atoms with Crippen LogP contribution in [0.1, 0.15) is 35.8 Å². The van der Waals surface area contributed by atoms with Gasteiger partial charge in [0.1, 0.15) is 12.7 Å². The Bertz CT molecular complexity index is 1000. The van der Waals surface area contributed by atoms with Crippen LogP contribution in [0.3, 0.4) is 0 Å². The molecular weight excluding hydrogens is 333 g/mol. The maximum absolute atomic E-state index is 13.1. The van der Waals surface area contributed by atoms with Gasteiger partial charge in [0.05, 0.1) is 29.5 Å². The quantitative estimate of drug-likeness (QED) is 0.643. The second-order valence-corrected chi connectivity index (χ2v) is 5.95. The molecule has 0 aliphatic heterocycles. The molecule has 3 rings (SSSR count). The summed E-state index contributed by atoms with van der Waals surface area (Å²) in [5.74, 6) is -0.405. The Morgan fingerprint density at radius 2 is 2.19 bits per heavy atom. The number of nitrogens with zero attached hydrogens (tertiary/aromatic N) is 3. The summed E-state index contributed by atoms with van der Waals surface area (Å²) in [5, 5.41) is 10.1. The summed E-state index contributed by atoms with van der Waals surface area (Å²) in [4.78, 5) is 16.2. The Labute approximate surface area is 150 Å². The van der Waals surface area contributed by atoms with E-state index in [9.17, 15) is 14.4 Å². The van der Waals surface area contributed by atoms with Crippen LogP contribution in [0.25, 0.3) is 22.2 Å². The van der Waals surface area contributed by atoms with Crippen molar-refractivity contribution >= 4 is 16.9 Å². The van der Waals surface area contributed by atoms with Gasteiger partial charge in [-0.15, -0.1) is 0 Å². The normalized spacial score (nSPS) is 11.9. The predicted octanol–water partition coefficient (Wildman–Crippen LogP) is 4.28. The molecule has 0 amide bonds. The van der Waals surface area contributed by atoms with Gasteiger partial charge in [-0.1, -0.05) is 6.07 Å². The zero-order valence-electron chi connectivity index (χ0n) is 14.6. The first-order chi connectivity index (χ1) is 12.6. The first-order valence-corrected chi connectivity index (χ1v) is 8.33. The fourth-order valence-corrected chi connectivity index (χ4v) is 2.87. The first kappa shape index (κ1) is 17.6. The number of aromatic nitrogens is 2. The molecule has 0 saturated carbocycles. The van der Waals surface area contributed by atoms with Gasteiger partial charge in [0.15, 0.2) is 0 Å². The van der Waals surface area contributed by atoms with Crippen molar-refractivity contribution in [2.24, 2.45) is 0 Å². The summed E-state index contributed by atoms with van der Waals surface area (Å²) in [6, 6.07) is 10.6. The number of ether oxygens (including phenoxy) is 1. The number of nitriles is 1. The van der Waals surface area contributed by atoms with Gasteiger partial charge in [0.25, 0.3) is 0 Å². The van der Waals surface area contributed by atoms with E-state index in [1.54, 1.807) is 42.9 Å². The van der Waals surface area contributed by atoms with Crippen molar-refractivity contribution in [1.82, 2.24) is 9.55 Å². The average Bonchev–Trinajstić information content (AvgIpc) is 3.05. The molecule has 26 heavy (non-hydrogen) atoms. The molecule has 0 bridgehead atoms. The Balaban J connectivity index is 2.09. The highest BCUT2D eigenvalue weighted by molar-refractivity contribution is 5.92. The third-order valence-electron chi connectivity index (χ3n) is 4.22. The van der Waals surface area contributed by atoms with Crippen LogP contribution >= 0.6 is 0 Å². The van der Waals surface area contributed by atoms with Gasteiger partial charge in [-0.25, -0.2) is 9.18 Å². The summed E-state index contributed by atoms with van der Waals surface area (Å²) >= 11 is 0. The fraction of sp³-hybridized carbons (Fsp3) is 0.250. The van der Waals surface area contributed by atoms with Gasteiger partial charge in [-0.05, 0) is 38.1 Å². The van der Waals surface area contributed by atoms with Gasteiger partial charge in [0, 0.05) is 28.9 Å². The number of hydrogen-bond donors (Lipinski definition) is 0. The number of carbonyl (C=O) groups excluding carboxylic acids is 1. The van der Waals surface area contributed by atoms with Gasteiger partial charge in [-0.2, -0.15) is 5.26 Å². The van der Waals surface area contributed by atoms with Crippen LogP contribution < -0.4 is 0 Å². The number of rotatable bonds is 5. The minimum absolute atomic E-state index is 0.300. The number of hydrogen-bond acceptors (Lipinski definition) is 4. The predicted molar refractivity (Wildman–Crippen MR) is 96.5 cm³/mol. The van der Waals surface area contributed by atoms with Crippen molar-refractivity contribution in [2.75, 3.05) is 13.3 Å². The zero-order chi connectivity index (χ0) is 18.7. The van der Waals surface area contributed by atoms with Crippen LogP contribution in [-0.4, -0.2) is 28.8 Å². The van der Waals surface area contributed by atoms with E-state index in [-0.39, 0.29) is 6.04 Å². The van der Waals surface area contributed by atoms with Crippen molar-refractivity contribution in [3.8, 4) is 17.3 Å². The molecule has 2 aromatic heterocycles. The number of fused-ring (bicyclic) bond motifs is 1. The summed E-state index contributed by atoms with van der Waals surface area (Å²) in [7, 11) is 0. The molecular formula is C20H18FN3O2. The second kappa shape index (κ2) is 7.36. The van der Waals surface area contributed by atoms with Gasteiger partial charge in [-0.3, -0.25) is 4.98 Å². The first-order valence-electron chi connectivity index (χ1n) is 8.33. The van der Waals surface area contributed by atoms with Crippen molar-refractivity contribution in [3.05, 3.63) is 53.9 Å². The van der Waals surface area contributed by atoms with Crippen LogP contribution in [0, 0.1) is 11.3 Å². The molecule has 0 radical (unpaired) electrons. The molecule has 0 N–H and O–H groups in total. The Morgan fingerprint density at radius 3 is 2.88 bits per heavy atom. The molecule has 3 aromatic rings. The Morgan fingerprint density at radius 1 is 1.38 bits per heavy atom. The van der Waals surface area contributed by atoms with Crippen molar-refractivity contribution < 1.29 is 13.9 Å². The van der Waals surface area contributed by atoms with Gasteiger partial charge in [0.2, 0.25) is 0 Å².